The number of carbonyl (C=O) groups is 1. The van der Waals surface area contributed by atoms with Gasteiger partial charge in [-0.15, -0.1) is 0 Å². The Balaban J connectivity index is 2.57. The summed E-state index contributed by atoms with van der Waals surface area (Å²) in [6.45, 7) is 3.24. The highest BCUT2D eigenvalue weighted by Gasteiger charge is 2.48. The van der Waals surface area contributed by atoms with Gasteiger partial charge in [0.05, 0.1) is 25.4 Å². The third kappa shape index (κ3) is 28.7. The second-order valence-electron chi connectivity index (χ2n) is 16.5. The van der Waals surface area contributed by atoms with Crippen LogP contribution in [0.3, 0.4) is 0 Å². The first-order valence-corrected chi connectivity index (χ1v) is 24.7. The standard InChI is InChI=1S/C45H85NO12S/c1-3-5-7-9-11-13-15-17-19-20-22-24-26-28-30-32-34-39(49)44(52)46-37(36-56-45-42(51)43(58-59(53,54)55)41(50)40(35-47)57-45)38(48)33-31-29-27-25-23-21-18-16-14-12-10-8-6-4-2/h11,13,17,19,37-43,45,47-51H,3-10,12,14-16,18,20-36H2,1-2H3,(H,46,52)(H,53,54,55)/b13-11-,19-17-. The molecular formula is C45H85NO12S. The molecule has 1 saturated heterocycles. The average Bonchev–Trinajstić information content (AvgIpc) is 3.20. The number of unbranched alkanes of at least 4 members (excludes halogenated alkanes) is 22. The Morgan fingerprint density at radius 1 is 0.678 bits per heavy atom. The summed E-state index contributed by atoms with van der Waals surface area (Å²) in [6, 6.07) is -1.04. The minimum absolute atomic E-state index is 0.248. The summed E-state index contributed by atoms with van der Waals surface area (Å²) in [5.41, 5.74) is 0. The van der Waals surface area contributed by atoms with Gasteiger partial charge in [0, 0.05) is 0 Å². The molecule has 1 fully saturated rings. The molecule has 0 bridgehead atoms. The Hall–Kier alpha value is -1.46. The second-order valence-corrected chi connectivity index (χ2v) is 17.5. The van der Waals surface area contributed by atoms with E-state index >= 15 is 0 Å². The first-order chi connectivity index (χ1) is 28.4. The first kappa shape index (κ1) is 55.6. The summed E-state index contributed by atoms with van der Waals surface area (Å²) >= 11 is 0. The van der Waals surface area contributed by atoms with Crippen molar-refractivity contribution in [2.24, 2.45) is 0 Å². The van der Waals surface area contributed by atoms with Crippen LogP contribution in [0.1, 0.15) is 194 Å². The molecule has 0 radical (unpaired) electrons. The molecule has 14 heteroatoms. The third-order valence-electron chi connectivity index (χ3n) is 11.1. The Labute approximate surface area is 357 Å². The Morgan fingerprint density at radius 2 is 1.14 bits per heavy atom. The second kappa shape index (κ2) is 36.1. The van der Waals surface area contributed by atoms with E-state index in [2.05, 4.69) is 47.7 Å². The Morgan fingerprint density at radius 3 is 1.64 bits per heavy atom. The largest absolute Gasteiger partial charge is 0.397 e. The van der Waals surface area contributed by atoms with Crippen molar-refractivity contribution in [2.75, 3.05) is 13.2 Å². The number of rotatable bonds is 39. The first-order valence-electron chi connectivity index (χ1n) is 23.3. The van der Waals surface area contributed by atoms with Gasteiger partial charge in [0.25, 0.3) is 0 Å². The van der Waals surface area contributed by atoms with Crippen LogP contribution in [0.5, 0.6) is 0 Å². The van der Waals surface area contributed by atoms with Crippen molar-refractivity contribution in [1.82, 2.24) is 5.32 Å². The van der Waals surface area contributed by atoms with E-state index in [-0.39, 0.29) is 6.42 Å². The lowest BCUT2D eigenvalue weighted by atomic mass is 9.99. The number of hydrogen-bond donors (Lipinski definition) is 7. The minimum Gasteiger partial charge on any atom is -0.394 e. The lowest BCUT2D eigenvalue weighted by molar-refractivity contribution is -0.298. The van der Waals surface area contributed by atoms with Crippen molar-refractivity contribution in [3.05, 3.63) is 24.3 Å². The molecule has 0 aromatic rings. The highest BCUT2D eigenvalue weighted by molar-refractivity contribution is 7.80. The van der Waals surface area contributed by atoms with Crippen molar-refractivity contribution in [1.29, 1.82) is 0 Å². The van der Waals surface area contributed by atoms with Crippen LogP contribution in [0, 0.1) is 0 Å². The Kier molecular flexibility index (Phi) is 34.0. The predicted molar refractivity (Wildman–Crippen MR) is 233 cm³/mol. The van der Waals surface area contributed by atoms with Gasteiger partial charge in [-0.2, -0.15) is 8.42 Å². The summed E-state index contributed by atoms with van der Waals surface area (Å²) in [6.07, 6.45) is 27.8. The van der Waals surface area contributed by atoms with Crippen LogP contribution in [0.15, 0.2) is 24.3 Å². The zero-order valence-electron chi connectivity index (χ0n) is 36.7. The fraction of sp³-hybridized carbons (Fsp3) is 0.889. The van der Waals surface area contributed by atoms with E-state index in [9.17, 15) is 43.3 Å². The summed E-state index contributed by atoms with van der Waals surface area (Å²) in [4.78, 5) is 13.1. The summed E-state index contributed by atoms with van der Waals surface area (Å²) < 4.78 is 47.6. The molecule has 59 heavy (non-hydrogen) atoms. The van der Waals surface area contributed by atoms with Gasteiger partial charge in [-0.25, -0.2) is 4.18 Å². The van der Waals surface area contributed by atoms with E-state index in [1.807, 2.05) is 0 Å². The van der Waals surface area contributed by atoms with Crippen LogP contribution >= 0.6 is 0 Å². The molecule has 1 heterocycles. The molecule has 1 rings (SSSR count). The SMILES string of the molecule is CCCCC/C=C\C/C=C\CCCCCCCCC(O)C(=O)NC(COC1OC(CO)C(O)C(OS(=O)(=O)O)C1O)C(O)CCCCCCCCCCCCCCCC. The molecule has 7 N–H and O–H groups in total. The van der Waals surface area contributed by atoms with E-state index in [1.165, 1.54) is 83.5 Å². The van der Waals surface area contributed by atoms with E-state index < -0.39 is 78.5 Å². The maximum Gasteiger partial charge on any atom is 0.397 e. The van der Waals surface area contributed by atoms with Crippen LogP contribution in [-0.4, -0.2) is 107 Å². The molecule has 1 aliphatic heterocycles. The van der Waals surface area contributed by atoms with Gasteiger partial charge in [0.1, 0.15) is 30.5 Å². The van der Waals surface area contributed by atoms with Crippen LogP contribution in [-0.2, 0) is 28.9 Å². The summed E-state index contributed by atoms with van der Waals surface area (Å²) in [5, 5.41) is 55.3. The molecule has 13 nitrogen and oxygen atoms in total. The van der Waals surface area contributed by atoms with Crippen molar-refractivity contribution in [3.63, 3.8) is 0 Å². The smallest absolute Gasteiger partial charge is 0.394 e. The van der Waals surface area contributed by atoms with Crippen LogP contribution in [0.2, 0.25) is 0 Å². The average molecular weight is 864 g/mol. The topological polar surface area (TPSA) is 212 Å². The van der Waals surface area contributed by atoms with Gasteiger partial charge in [-0.05, 0) is 44.9 Å². The number of amides is 1. The number of hydrogen-bond acceptors (Lipinski definition) is 11. The van der Waals surface area contributed by atoms with Gasteiger partial charge in [-0.3, -0.25) is 9.35 Å². The zero-order chi connectivity index (χ0) is 43.6. The normalized spacial score (nSPS) is 21.7. The van der Waals surface area contributed by atoms with E-state index in [1.54, 1.807) is 0 Å². The molecule has 0 saturated carbocycles. The van der Waals surface area contributed by atoms with Crippen molar-refractivity contribution in [3.8, 4) is 0 Å². The van der Waals surface area contributed by atoms with E-state index in [0.29, 0.717) is 19.3 Å². The number of aliphatic hydroxyl groups is 5. The number of allylic oxidation sites excluding steroid dienone is 4. The molecule has 0 aromatic heterocycles. The Bertz CT molecular complexity index is 1170. The van der Waals surface area contributed by atoms with Crippen LogP contribution in [0.25, 0.3) is 0 Å². The van der Waals surface area contributed by atoms with E-state index in [4.69, 9.17) is 9.47 Å². The van der Waals surface area contributed by atoms with Gasteiger partial charge in [0.2, 0.25) is 5.91 Å². The number of aliphatic hydroxyl groups excluding tert-OH is 5. The number of nitrogens with one attached hydrogen (secondary N) is 1. The highest BCUT2D eigenvalue weighted by atomic mass is 32.3. The molecule has 0 aromatic carbocycles. The van der Waals surface area contributed by atoms with Gasteiger partial charge in [0.15, 0.2) is 6.29 Å². The van der Waals surface area contributed by atoms with E-state index in [0.717, 1.165) is 70.6 Å². The number of carbonyl (C=O) groups excluding carboxylic acids is 1. The maximum atomic E-state index is 13.1. The molecular weight excluding hydrogens is 779 g/mol. The van der Waals surface area contributed by atoms with Crippen molar-refractivity contribution in [2.45, 2.75) is 243 Å². The summed E-state index contributed by atoms with van der Waals surface area (Å²) in [7, 11) is -5.11. The fourth-order valence-corrected chi connectivity index (χ4v) is 7.89. The molecule has 8 atom stereocenters. The lowest BCUT2D eigenvalue weighted by Gasteiger charge is -2.41. The molecule has 348 valence electrons. The quantitative estimate of drug-likeness (QED) is 0.0179. The van der Waals surface area contributed by atoms with Crippen LogP contribution < -0.4 is 5.32 Å². The molecule has 1 amide bonds. The predicted octanol–water partition coefficient (Wildman–Crippen LogP) is 7.91. The van der Waals surface area contributed by atoms with Gasteiger partial charge < -0.3 is 40.3 Å². The van der Waals surface area contributed by atoms with Crippen molar-refractivity contribution < 1.29 is 57.0 Å². The van der Waals surface area contributed by atoms with Gasteiger partial charge in [-0.1, -0.05) is 173 Å². The molecule has 0 aliphatic carbocycles. The monoisotopic (exact) mass is 864 g/mol. The molecule has 0 spiro atoms. The highest BCUT2D eigenvalue weighted by Crippen LogP contribution is 2.26. The number of ether oxygens (including phenoxy) is 2. The minimum atomic E-state index is -5.11. The molecule has 8 unspecified atom stereocenters. The fourth-order valence-electron chi connectivity index (χ4n) is 7.38. The zero-order valence-corrected chi connectivity index (χ0v) is 37.5. The summed E-state index contributed by atoms with van der Waals surface area (Å²) in [5.74, 6) is -0.678. The third-order valence-corrected chi connectivity index (χ3v) is 11.6. The lowest BCUT2D eigenvalue weighted by Crippen LogP contribution is -2.61. The maximum absolute atomic E-state index is 13.1. The molecule has 1 aliphatic rings. The van der Waals surface area contributed by atoms with Gasteiger partial charge >= 0.3 is 10.4 Å². The van der Waals surface area contributed by atoms with Crippen LogP contribution in [0.4, 0.5) is 0 Å². The van der Waals surface area contributed by atoms with Crippen molar-refractivity contribution >= 4 is 16.3 Å².